The van der Waals surface area contributed by atoms with Crippen LogP contribution in [0.1, 0.15) is 28.7 Å². The molecule has 0 spiro atoms. The summed E-state index contributed by atoms with van der Waals surface area (Å²) in [6.45, 7) is 1.86. The molecular formula is C16H13F3O. The lowest BCUT2D eigenvalue weighted by atomic mass is 9.86. The molecule has 0 aromatic heterocycles. The van der Waals surface area contributed by atoms with E-state index in [1.807, 2.05) is 19.1 Å². The zero-order chi connectivity index (χ0) is 14.5. The molecule has 1 N–H and O–H groups in total. The Labute approximate surface area is 114 Å². The quantitative estimate of drug-likeness (QED) is 0.790. The molecule has 0 radical (unpaired) electrons. The van der Waals surface area contributed by atoms with Crippen LogP contribution in [0.4, 0.5) is 13.2 Å². The fourth-order valence-corrected chi connectivity index (χ4v) is 2.87. The number of benzene rings is 2. The van der Waals surface area contributed by atoms with Gasteiger partial charge in [-0.2, -0.15) is 0 Å². The monoisotopic (exact) mass is 278 g/mol. The maximum absolute atomic E-state index is 14.0. The summed E-state index contributed by atoms with van der Waals surface area (Å²) < 4.78 is 40.4. The zero-order valence-corrected chi connectivity index (χ0v) is 10.9. The molecular weight excluding hydrogens is 265 g/mol. The third-order valence-corrected chi connectivity index (χ3v) is 3.95. The maximum Gasteiger partial charge on any atom is 0.194 e. The molecule has 1 unspecified atom stereocenters. The van der Waals surface area contributed by atoms with Gasteiger partial charge in [-0.1, -0.05) is 23.8 Å². The molecule has 0 aliphatic heterocycles. The van der Waals surface area contributed by atoms with Crippen molar-refractivity contribution in [2.75, 3.05) is 0 Å². The summed E-state index contributed by atoms with van der Waals surface area (Å²) in [5, 5.41) is 10.8. The lowest BCUT2D eigenvalue weighted by Crippen LogP contribution is -2.26. The van der Waals surface area contributed by atoms with E-state index in [9.17, 15) is 18.3 Å². The van der Waals surface area contributed by atoms with Gasteiger partial charge in [0.1, 0.15) is 5.60 Å². The SMILES string of the molecule is Cc1ccc2c(c1)C(O)(c1ccc(F)c(F)c1F)CC2. The maximum atomic E-state index is 14.0. The summed E-state index contributed by atoms with van der Waals surface area (Å²) >= 11 is 0. The average molecular weight is 278 g/mol. The van der Waals surface area contributed by atoms with Crippen LogP contribution >= 0.6 is 0 Å². The number of halogens is 3. The normalized spacial score (nSPS) is 21.1. The highest BCUT2D eigenvalue weighted by molar-refractivity contribution is 5.47. The predicted octanol–water partition coefficient (Wildman–Crippen LogP) is 3.59. The van der Waals surface area contributed by atoms with Crippen molar-refractivity contribution >= 4 is 0 Å². The molecule has 2 aromatic rings. The van der Waals surface area contributed by atoms with Gasteiger partial charge < -0.3 is 5.11 Å². The number of fused-ring (bicyclic) bond motifs is 1. The topological polar surface area (TPSA) is 20.2 Å². The minimum Gasteiger partial charge on any atom is -0.380 e. The summed E-state index contributed by atoms with van der Waals surface area (Å²) in [6.07, 6.45) is 0.832. The van der Waals surface area contributed by atoms with E-state index in [1.54, 1.807) is 6.07 Å². The smallest absolute Gasteiger partial charge is 0.194 e. The molecule has 3 rings (SSSR count). The van der Waals surface area contributed by atoms with Crippen LogP contribution in [-0.4, -0.2) is 5.11 Å². The van der Waals surface area contributed by atoms with Gasteiger partial charge in [0.25, 0.3) is 0 Å². The lowest BCUT2D eigenvalue weighted by molar-refractivity contribution is 0.0777. The van der Waals surface area contributed by atoms with Gasteiger partial charge in [-0.05, 0) is 43.0 Å². The van der Waals surface area contributed by atoms with Crippen molar-refractivity contribution in [3.63, 3.8) is 0 Å². The van der Waals surface area contributed by atoms with E-state index in [1.165, 1.54) is 0 Å². The number of aryl methyl sites for hydroxylation is 2. The van der Waals surface area contributed by atoms with Gasteiger partial charge in [0.05, 0.1) is 0 Å². The molecule has 0 heterocycles. The Morgan fingerprint density at radius 3 is 2.50 bits per heavy atom. The summed E-state index contributed by atoms with van der Waals surface area (Å²) in [5.74, 6) is -4.11. The fraction of sp³-hybridized carbons (Fsp3) is 0.250. The predicted molar refractivity (Wildman–Crippen MR) is 68.8 cm³/mol. The van der Waals surface area contributed by atoms with Crippen LogP contribution < -0.4 is 0 Å². The highest BCUT2D eigenvalue weighted by Crippen LogP contribution is 2.43. The molecule has 2 aromatic carbocycles. The van der Waals surface area contributed by atoms with Crippen molar-refractivity contribution in [1.29, 1.82) is 0 Å². The highest BCUT2D eigenvalue weighted by Gasteiger charge is 2.41. The molecule has 0 amide bonds. The fourth-order valence-electron chi connectivity index (χ4n) is 2.87. The van der Waals surface area contributed by atoms with Crippen LogP contribution in [0.25, 0.3) is 0 Å². The second kappa shape index (κ2) is 4.35. The first-order valence-electron chi connectivity index (χ1n) is 6.40. The Morgan fingerprint density at radius 2 is 1.75 bits per heavy atom. The van der Waals surface area contributed by atoms with Crippen LogP contribution in [0, 0.1) is 24.4 Å². The number of hydrogen-bond donors (Lipinski definition) is 1. The van der Waals surface area contributed by atoms with Gasteiger partial charge in [0, 0.05) is 5.56 Å². The van der Waals surface area contributed by atoms with E-state index in [4.69, 9.17) is 0 Å². The van der Waals surface area contributed by atoms with Crippen molar-refractivity contribution in [2.24, 2.45) is 0 Å². The summed E-state index contributed by atoms with van der Waals surface area (Å²) in [5.41, 5.74) is 0.595. The molecule has 20 heavy (non-hydrogen) atoms. The minimum atomic E-state index is -1.60. The van der Waals surface area contributed by atoms with Crippen molar-refractivity contribution < 1.29 is 18.3 Å². The average Bonchev–Trinajstić information content (AvgIpc) is 2.74. The standard InChI is InChI=1S/C16H13F3O/c1-9-2-3-10-6-7-16(20,12(10)8-9)11-4-5-13(17)15(19)14(11)18/h2-5,8,20H,6-7H2,1H3. The van der Waals surface area contributed by atoms with E-state index in [2.05, 4.69) is 0 Å². The molecule has 1 aliphatic rings. The van der Waals surface area contributed by atoms with Gasteiger partial charge in [-0.3, -0.25) is 0 Å². The van der Waals surface area contributed by atoms with Crippen LogP contribution in [0.2, 0.25) is 0 Å². The zero-order valence-electron chi connectivity index (χ0n) is 10.9. The number of aliphatic hydroxyl groups is 1. The second-order valence-corrected chi connectivity index (χ2v) is 5.24. The minimum absolute atomic E-state index is 0.208. The first kappa shape index (κ1) is 13.2. The summed E-state index contributed by atoms with van der Waals surface area (Å²) in [4.78, 5) is 0. The van der Waals surface area contributed by atoms with Crippen LogP contribution in [-0.2, 0) is 12.0 Å². The Kier molecular flexibility index (Phi) is 2.87. The molecule has 1 nitrogen and oxygen atoms in total. The van der Waals surface area contributed by atoms with Crippen LogP contribution in [0.3, 0.4) is 0 Å². The highest BCUT2D eigenvalue weighted by atomic mass is 19.2. The molecule has 1 aliphatic carbocycles. The second-order valence-electron chi connectivity index (χ2n) is 5.24. The van der Waals surface area contributed by atoms with E-state index in [0.717, 1.165) is 23.3 Å². The van der Waals surface area contributed by atoms with E-state index >= 15 is 0 Å². The van der Waals surface area contributed by atoms with Gasteiger partial charge in [-0.15, -0.1) is 0 Å². The molecule has 104 valence electrons. The Morgan fingerprint density at radius 1 is 1.00 bits per heavy atom. The Bertz CT molecular complexity index is 696. The van der Waals surface area contributed by atoms with Gasteiger partial charge in [0.2, 0.25) is 0 Å². The Balaban J connectivity index is 2.22. The molecule has 0 saturated carbocycles. The lowest BCUT2D eigenvalue weighted by Gasteiger charge is -2.25. The van der Waals surface area contributed by atoms with Crippen molar-refractivity contribution in [3.8, 4) is 0 Å². The van der Waals surface area contributed by atoms with E-state index < -0.39 is 23.1 Å². The third kappa shape index (κ3) is 1.75. The first-order chi connectivity index (χ1) is 9.43. The molecule has 4 heteroatoms. The summed E-state index contributed by atoms with van der Waals surface area (Å²) in [7, 11) is 0. The number of hydrogen-bond acceptors (Lipinski definition) is 1. The molecule has 1 atom stereocenters. The molecule has 0 fully saturated rings. The van der Waals surface area contributed by atoms with Crippen LogP contribution in [0.5, 0.6) is 0 Å². The van der Waals surface area contributed by atoms with Gasteiger partial charge in [-0.25, -0.2) is 13.2 Å². The van der Waals surface area contributed by atoms with Crippen molar-refractivity contribution in [3.05, 3.63) is 70.0 Å². The Hall–Kier alpha value is -1.81. The molecule has 0 bridgehead atoms. The van der Waals surface area contributed by atoms with Gasteiger partial charge >= 0.3 is 0 Å². The van der Waals surface area contributed by atoms with Crippen LogP contribution in [0.15, 0.2) is 30.3 Å². The summed E-state index contributed by atoms with van der Waals surface area (Å²) in [6, 6.07) is 7.51. The largest absolute Gasteiger partial charge is 0.380 e. The van der Waals surface area contributed by atoms with Crippen molar-refractivity contribution in [1.82, 2.24) is 0 Å². The van der Waals surface area contributed by atoms with E-state index in [0.29, 0.717) is 12.0 Å². The first-order valence-corrected chi connectivity index (χ1v) is 6.40. The molecule has 0 saturated heterocycles. The van der Waals surface area contributed by atoms with Gasteiger partial charge in [0.15, 0.2) is 17.5 Å². The van der Waals surface area contributed by atoms with E-state index in [-0.39, 0.29) is 12.0 Å². The number of rotatable bonds is 1. The third-order valence-electron chi connectivity index (χ3n) is 3.95. The van der Waals surface area contributed by atoms with Crippen molar-refractivity contribution in [2.45, 2.75) is 25.4 Å².